The summed E-state index contributed by atoms with van der Waals surface area (Å²) >= 11 is 0. The lowest BCUT2D eigenvalue weighted by Gasteiger charge is -2.34. The third-order valence-electron chi connectivity index (χ3n) is 4.69. The number of aromatic nitrogens is 2. The van der Waals surface area contributed by atoms with E-state index in [0.717, 1.165) is 30.0 Å². The number of hydrogen-bond acceptors (Lipinski definition) is 6. The van der Waals surface area contributed by atoms with Crippen molar-refractivity contribution in [2.45, 2.75) is 32.1 Å². The second kappa shape index (κ2) is 8.22. The zero-order chi connectivity index (χ0) is 19.4. The molecule has 3 rings (SSSR count). The van der Waals surface area contributed by atoms with Gasteiger partial charge < -0.3 is 10.2 Å². The lowest BCUT2D eigenvalue weighted by molar-refractivity contribution is 0.382. The Labute approximate surface area is 161 Å². The summed E-state index contributed by atoms with van der Waals surface area (Å²) in [6.45, 7) is 8.79. The van der Waals surface area contributed by atoms with Gasteiger partial charge in [0.05, 0.1) is 4.90 Å². The van der Waals surface area contributed by atoms with E-state index in [1.54, 1.807) is 16.4 Å². The molecule has 1 aliphatic heterocycles. The van der Waals surface area contributed by atoms with Crippen LogP contribution in [0.25, 0.3) is 0 Å². The molecular weight excluding hydrogens is 362 g/mol. The number of rotatable bonds is 6. The molecule has 1 aliphatic rings. The van der Waals surface area contributed by atoms with Crippen molar-refractivity contribution in [3.63, 3.8) is 0 Å². The zero-order valence-corrected chi connectivity index (χ0v) is 17.0. The number of nitrogens with one attached hydrogen (secondary N) is 1. The van der Waals surface area contributed by atoms with E-state index in [-0.39, 0.29) is 0 Å². The first-order chi connectivity index (χ1) is 12.9. The topological polar surface area (TPSA) is 78.4 Å². The Kier molecular flexibility index (Phi) is 5.96. The molecule has 1 fully saturated rings. The van der Waals surface area contributed by atoms with Crippen LogP contribution in [0.3, 0.4) is 0 Å². The highest BCUT2D eigenvalue weighted by Gasteiger charge is 2.29. The molecule has 0 amide bonds. The van der Waals surface area contributed by atoms with E-state index in [1.807, 2.05) is 36.9 Å². The van der Waals surface area contributed by atoms with Gasteiger partial charge in [0.1, 0.15) is 5.82 Å². The summed E-state index contributed by atoms with van der Waals surface area (Å²) in [6, 6.07) is 9.07. The van der Waals surface area contributed by atoms with Crippen molar-refractivity contribution in [3.05, 3.63) is 41.6 Å². The van der Waals surface area contributed by atoms with E-state index in [0.29, 0.717) is 37.0 Å². The predicted molar refractivity (Wildman–Crippen MR) is 108 cm³/mol. The standard InChI is InChI=1S/C19H27N5O2S/c1-4-16-6-8-17(9-7-16)27(25,26)24-12-10-23(11-13-24)19-21-15(3)14-18(22-19)20-5-2/h6-9,14H,4-5,10-13H2,1-3H3,(H,20,21,22). The third-order valence-corrected chi connectivity index (χ3v) is 6.60. The van der Waals surface area contributed by atoms with E-state index in [2.05, 4.69) is 22.2 Å². The molecule has 27 heavy (non-hydrogen) atoms. The van der Waals surface area contributed by atoms with Gasteiger partial charge in [-0.05, 0) is 38.0 Å². The summed E-state index contributed by atoms with van der Waals surface area (Å²) in [5, 5.41) is 3.21. The normalized spacial score (nSPS) is 15.7. The minimum atomic E-state index is -3.46. The second-order valence-electron chi connectivity index (χ2n) is 6.61. The van der Waals surface area contributed by atoms with Gasteiger partial charge in [-0.2, -0.15) is 9.29 Å². The molecule has 0 aliphatic carbocycles. The summed E-state index contributed by atoms with van der Waals surface area (Å²) < 4.78 is 27.3. The summed E-state index contributed by atoms with van der Waals surface area (Å²) in [4.78, 5) is 11.5. The van der Waals surface area contributed by atoms with Gasteiger partial charge in [-0.3, -0.25) is 0 Å². The molecule has 2 heterocycles. The number of piperazine rings is 1. The smallest absolute Gasteiger partial charge is 0.243 e. The Bertz CT molecular complexity index is 875. The second-order valence-corrected chi connectivity index (χ2v) is 8.55. The Hall–Kier alpha value is -2.19. The van der Waals surface area contributed by atoms with Crippen LogP contribution in [0.15, 0.2) is 35.2 Å². The lowest BCUT2D eigenvalue weighted by atomic mass is 10.2. The van der Waals surface area contributed by atoms with Gasteiger partial charge in [0.15, 0.2) is 0 Å². The maximum Gasteiger partial charge on any atom is 0.243 e. The average molecular weight is 390 g/mol. The first-order valence-corrected chi connectivity index (χ1v) is 10.8. The number of aryl methyl sites for hydroxylation is 2. The lowest BCUT2D eigenvalue weighted by Crippen LogP contribution is -2.49. The number of anilines is 2. The molecule has 1 aromatic heterocycles. The quantitative estimate of drug-likeness (QED) is 0.817. The number of nitrogens with zero attached hydrogens (tertiary/aromatic N) is 4. The van der Waals surface area contributed by atoms with Crippen LogP contribution in [-0.4, -0.2) is 55.4 Å². The van der Waals surface area contributed by atoms with Crippen molar-refractivity contribution in [1.29, 1.82) is 0 Å². The minimum Gasteiger partial charge on any atom is -0.370 e. The largest absolute Gasteiger partial charge is 0.370 e. The van der Waals surface area contributed by atoms with E-state index in [4.69, 9.17) is 0 Å². The molecule has 8 heteroatoms. The van der Waals surface area contributed by atoms with Crippen molar-refractivity contribution >= 4 is 21.8 Å². The van der Waals surface area contributed by atoms with Gasteiger partial charge in [0.25, 0.3) is 0 Å². The summed E-state index contributed by atoms with van der Waals surface area (Å²) in [6.07, 6.45) is 0.893. The average Bonchev–Trinajstić information content (AvgIpc) is 2.68. The van der Waals surface area contributed by atoms with E-state index < -0.39 is 10.0 Å². The van der Waals surface area contributed by atoms with Crippen LogP contribution >= 0.6 is 0 Å². The molecule has 0 saturated carbocycles. The Balaban J connectivity index is 1.71. The van der Waals surface area contributed by atoms with Crippen molar-refractivity contribution in [1.82, 2.24) is 14.3 Å². The third kappa shape index (κ3) is 4.39. The van der Waals surface area contributed by atoms with Crippen LogP contribution in [-0.2, 0) is 16.4 Å². The summed E-state index contributed by atoms with van der Waals surface area (Å²) in [7, 11) is -3.46. The van der Waals surface area contributed by atoms with Crippen molar-refractivity contribution < 1.29 is 8.42 Å². The maximum absolute atomic E-state index is 12.9. The molecule has 0 spiro atoms. The maximum atomic E-state index is 12.9. The van der Waals surface area contributed by atoms with Crippen LogP contribution in [0.2, 0.25) is 0 Å². The van der Waals surface area contributed by atoms with Crippen LogP contribution < -0.4 is 10.2 Å². The van der Waals surface area contributed by atoms with Gasteiger partial charge in [0, 0.05) is 44.5 Å². The molecule has 2 aromatic rings. The van der Waals surface area contributed by atoms with Crippen molar-refractivity contribution in [2.24, 2.45) is 0 Å². The summed E-state index contributed by atoms with van der Waals surface area (Å²) in [5.74, 6) is 1.45. The molecule has 1 aromatic carbocycles. The first-order valence-electron chi connectivity index (χ1n) is 9.37. The number of sulfonamides is 1. The highest BCUT2D eigenvalue weighted by Crippen LogP contribution is 2.21. The van der Waals surface area contributed by atoms with E-state index >= 15 is 0 Å². The van der Waals surface area contributed by atoms with Crippen LogP contribution in [0, 0.1) is 6.92 Å². The van der Waals surface area contributed by atoms with E-state index in [9.17, 15) is 8.42 Å². The van der Waals surface area contributed by atoms with Crippen LogP contribution in [0.4, 0.5) is 11.8 Å². The molecule has 7 nitrogen and oxygen atoms in total. The van der Waals surface area contributed by atoms with Crippen molar-refractivity contribution in [2.75, 3.05) is 42.9 Å². The van der Waals surface area contributed by atoms with Crippen LogP contribution in [0.5, 0.6) is 0 Å². The fourth-order valence-corrected chi connectivity index (χ4v) is 4.56. The Morgan fingerprint density at radius 1 is 1.04 bits per heavy atom. The first kappa shape index (κ1) is 19.6. The van der Waals surface area contributed by atoms with Crippen LogP contribution in [0.1, 0.15) is 25.1 Å². The SMILES string of the molecule is CCNc1cc(C)nc(N2CCN(S(=O)(=O)c3ccc(CC)cc3)CC2)n1. The van der Waals surface area contributed by atoms with Crippen molar-refractivity contribution in [3.8, 4) is 0 Å². The van der Waals surface area contributed by atoms with Gasteiger partial charge in [0.2, 0.25) is 16.0 Å². The monoisotopic (exact) mass is 389 g/mol. The molecule has 146 valence electrons. The van der Waals surface area contributed by atoms with Gasteiger partial charge in [-0.25, -0.2) is 13.4 Å². The highest BCUT2D eigenvalue weighted by molar-refractivity contribution is 7.89. The van der Waals surface area contributed by atoms with Gasteiger partial charge in [-0.15, -0.1) is 0 Å². The highest BCUT2D eigenvalue weighted by atomic mass is 32.2. The number of benzene rings is 1. The summed E-state index contributed by atoms with van der Waals surface area (Å²) in [5.41, 5.74) is 2.02. The molecule has 0 unspecified atom stereocenters. The fraction of sp³-hybridized carbons (Fsp3) is 0.474. The van der Waals surface area contributed by atoms with E-state index in [1.165, 1.54) is 0 Å². The Morgan fingerprint density at radius 2 is 1.70 bits per heavy atom. The zero-order valence-electron chi connectivity index (χ0n) is 16.1. The molecule has 0 radical (unpaired) electrons. The molecule has 0 atom stereocenters. The fourth-order valence-electron chi connectivity index (χ4n) is 3.14. The number of hydrogen-bond donors (Lipinski definition) is 1. The molecule has 0 bridgehead atoms. The molecule has 1 N–H and O–H groups in total. The predicted octanol–water partition coefficient (Wildman–Crippen LogP) is 2.29. The van der Waals surface area contributed by atoms with Gasteiger partial charge in [-0.1, -0.05) is 19.1 Å². The Morgan fingerprint density at radius 3 is 2.30 bits per heavy atom. The minimum absolute atomic E-state index is 0.356. The molecular formula is C19H27N5O2S. The molecule has 1 saturated heterocycles. The van der Waals surface area contributed by atoms with Gasteiger partial charge >= 0.3 is 0 Å².